The summed E-state index contributed by atoms with van der Waals surface area (Å²) in [6.45, 7) is 3.67. The summed E-state index contributed by atoms with van der Waals surface area (Å²) in [5.74, 6) is -0.555. The van der Waals surface area contributed by atoms with Crippen LogP contribution in [0.15, 0.2) is 65.2 Å². The zero-order chi connectivity index (χ0) is 28.8. The van der Waals surface area contributed by atoms with Crippen LogP contribution in [0.1, 0.15) is 49.7 Å². The van der Waals surface area contributed by atoms with Crippen molar-refractivity contribution in [2.24, 2.45) is 5.41 Å². The van der Waals surface area contributed by atoms with Crippen LogP contribution < -0.4 is 15.1 Å². The number of benzene rings is 2. The Kier molecular flexibility index (Phi) is 6.31. The molecule has 2 aromatic heterocycles. The first-order chi connectivity index (χ1) is 20.4. The van der Waals surface area contributed by atoms with Gasteiger partial charge in [-0.15, -0.1) is 0 Å². The normalized spacial score (nSPS) is 17.1. The summed E-state index contributed by atoms with van der Waals surface area (Å²) in [6, 6.07) is 15.6. The van der Waals surface area contributed by atoms with Crippen LogP contribution >= 0.6 is 0 Å². The Balaban J connectivity index is 1.05. The number of nitrogens with one attached hydrogen (secondary N) is 2. The second-order valence-electron chi connectivity index (χ2n) is 11.1. The lowest BCUT2D eigenvalue weighted by Gasteiger charge is -2.52. The van der Waals surface area contributed by atoms with Gasteiger partial charge in [0.15, 0.2) is 0 Å². The third-order valence-electron chi connectivity index (χ3n) is 8.48. The third kappa shape index (κ3) is 4.51. The predicted octanol–water partition coefficient (Wildman–Crippen LogP) is 4.44. The van der Waals surface area contributed by atoms with E-state index in [1.807, 2.05) is 24.3 Å². The summed E-state index contributed by atoms with van der Waals surface area (Å²) in [7, 11) is 0. The Hall–Kier alpha value is -4.90. The molecule has 11 heteroatoms. The minimum Gasteiger partial charge on any atom is -0.475 e. The number of furan rings is 1. The number of aromatic carboxylic acids is 1. The summed E-state index contributed by atoms with van der Waals surface area (Å²) >= 11 is 0. The van der Waals surface area contributed by atoms with E-state index < -0.39 is 5.97 Å². The van der Waals surface area contributed by atoms with E-state index in [0.29, 0.717) is 52.6 Å². The molecule has 214 valence electrons. The number of hydrogen-bond donors (Lipinski definition) is 3. The van der Waals surface area contributed by atoms with Gasteiger partial charge in [-0.1, -0.05) is 12.1 Å². The van der Waals surface area contributed by atoms with Crippen LogP contribution in [-0.4, -0.2) is 65.9 Å². The molecule has 2 fully saturated rings. The van der Waals surface area contributed by atoms with E-state index in [0.717, 1.165) is 44.7 Å². The van der Waals surface area contributed by atoms with Crippen LogP contribution in [0.25, 0.3) is 11.3 Å². The molecule has 3 aliphatic heterocycles. The molecule has 3 N–H and O–H groups in total. The van der Waals surface area contributed by atoms with Gasteiger partial charge in [0, 0.05) is 60.6 Å². The number of H-pyrrole nitrogens is 1. The number of aromatic nitrogens is 2. The van der Waals surface area contributed by atoms with Crippen LogP contribution in [0.3, 0.4) is 0 Å². The fraction of sp³-hybridized carbons (Fsp3) is 0.290. The first kappa shape index (κ1) is 26.0. The first-order valence-corrected chi connectivity index (χ1v) is 14.0. The zero-order valence-corrected chi connectivity index (χ0v) is 22.8. The van der Waals surface area contributed by atoms with Crippen LogP contribution in [0.2, 0.25) is 0 Å². The van der Waals surface area contributed by atoms with Gasteiger partial charge in [-0.25, -0.2) is 4.79 Å². The highest BCUT2D eigenvalue weighted by molar-refractivity contribution is 6.10. The van der Waals surface area contributed by atoms with Crippen molar-refractivity contribution in [1.82, 2.24) is 10.2 Å². The molecular weight excluding hydrogens is 538 g/mol. The lowest BCUT2D eigenvalue weighted by atomic mass is 9.73. The molecule has 0 radical (unpaired) electrons. The molecule has 2 saturated heterocycles. The number of carbonyl (C=O) groups is 3. The maximum Gasteiger partial charge on any atom is 0.371 e. The van der Waals surface area contributed by atoms with Gasteiger partial charge in [0.25, 0.3) is 11.8 Å². The lowest BCUT2D eigenvalue weighted by Crippen LogP contribution is -2.59. The average Bonchev–Trinajstić information content (AvgIpc) is 3.62. The molecule has 2 amide bonds. The molecule has 0 bridgehead atoms. The van der Waals surface area contributed by atoms with E-state index in [2.05, 4.69) is 20.4 Å². The van der Waals surface area contributed by atoms with Gasteiger partial charge >= 0.3 is 5.97 Å². The number of amides is 2. The summed E-state index contributed by atoms with van der Waals surface area (Å²) in [6.07, 6.45) is 4.04. The van der Waals surface area contributed by atoms with Crippen molar-refractivity contribution in [2.45, 2.75) is 19.3 Å². The fourth-order valence-electron chi connectivity index (χ4n) is 6.19. The second kappa shape index (κ2) is 10.2. The van der Waals surface area contributed by atoms with E-state index in [9.17, 15) is 19.5 Å². The number of hydrogen-bond acceptors (Lipinski definition) is 7. The van der Waals surface area contributed by atoms with Crippen molar-refractivity contribution in [3.05, 3.63) is 83.2 Å². The Morgan fingerprint density at radius 3 is 2.55 bits per heavy atom. The minimum atomic E-state index is -1.13. The summed E-state index contributed by atoms with van der Waals surface area (Å²) in [5, 5.41) is 19.4. The molecule has 0 saturated carbocycles. The van der Waals surface area contributed by atoms with Crippen LogP contribution in [0.5, 0.6) is 0 Å². The molecule has 0 unspecified atom stereocenters. The molecule has 42 heavy (non-hydrogen) atoms. The molecule has 7 rings (SSSR count). The van der Waals surface area contributed by atoms with Gasteiger partial charge < -0.3 is 29.4 Å². The standard InChI is InChI=1S/C31H29N5O6/c37-28(23-16-32-34-27(23)35-17-31(18-35)10-13-41-14-11-31)33-21-7-5-19(6-8-21)29(38)36-12-9-20-15-25(30(39)40)42-26(20)22-3-1-2-4-24(22)36/h1-8,15-16H,9-14,17-18H2,(H,32,34)(H,33,37)(H,39,40). The monoisotopic (exact) mass is 567 g/mol. The molecule has 0 atom stereocenters. The van der Waals surface area contributed by atoms with Crippen molar-refractivity contribution in [1.29, 1.82) is 0 Å². The highest BCUT2D eigenvalue weighted by atomic mass is 16.5. The Bertz CT molecular complexity index is 1680. The van der Waals surface area contributed by atoms with E-state index in [-0.39, 0.29) is 23.0 Å². The molecule has 3 aliphatic rings. The number of para-hydroxylation sites is 1. The molecule has 4 aromatic rings. The topological polar surface area (TPSA) is 141 Å². The van der Waals surface area contributed by atoms with Crippen LogP contribution in [0.4, 0.5) is 17.2 Å². The second-order valence-corrected chi connectivity index (χ2v) is 11.1. The van der Waals surface area contributed by atoms with E-state index in [4.69, 9.17) is 9.15 Å². The Labute approximate surface area is 241 Å². The van der Waals surface area contributed by atoms with Crippen LogP contribution in [0, 0.1) is 5.41 Å². The van der Waals surface area contributed by atoms with Crippen molar-refractivity contribution < 1.29 is 28.6 Å². The highest BCUT2D eigenvalue weighted by Crippen LogP contribution is 2.42. The Morgan fingerprint density at radius 1 is 1.02 bits per heavy atom. The highest BCUT2D eigenvalue weighted by Gasteiger charge is 2.45. The van der Waals surface area contributed by atoms with Gasteiger partial charge in [-0.05, 0) is 61.7 Å². The van der Waals surface area contributed by atoms with Gasteiger partial charge in [0.1, 0.15) is 17.1 Å². The van der Waals surface area contributed by atoms with Gasteiger partial charge in [-0.2, -0.15) is 5.10 Å². The maximum atomic E-state index is 13.7. The van der Waals surface area contributed by atoms with Gasteiger partial charge in [0.2, 0.25) is 5.76 Å². The minimum absolute atomic E-state index is 0.122. The molecule has 1 spiro atoms. The molecular formula is C31H29N5O6. The van der Waals surface area contributed by atoms with E-state index in [1.165, 1.54) is 12.3 Å². The van der Waals surface area contributed by atoms with Gasteiger partial charge in [-0.3, -0.25) is 14.7 Å². The van der Waals surface area contributed by atoms with Crippen molar-refractivity contribution in [2.75, 3.05) is 48.0 Å². The fourth-order valence-corrected chi connectivity index (χ4v) is 6.19. The average molecular weight is 568 g/mol. The number of nitrogens with zero attached hydrogens (tertiary/aromatic N) is 3. The SMILES string of the molecule is O=C(O)c1cc2c(o1)-c1ccccc1N(C(=O)c1ccc(NC(=O)c3cn[nH]c3N3CC4(CCOCC4)C3)cc1)CC2. The lowest BCUT2D eigenvalue weighted by molar-refractivity contribution is -0.000508. The zero-order valence-electron chi connectivity index (χ0n) is 22.8. The van der Waals surface area contributed by atoms with E-state index in [1.54, 1.807) is 29.2 Å². The summed E-state index contributed by atoms with van der Waals surface area (Å²) in [4.78, 5) is 42.1. The quantitative estimate of drug-likeness (QED) is 0.322. The maximum absolute atomic E-state index is 13.7. The largest absolute Gasteiger partial charge is 0.475 e. The van der Waals surface area contributed by atoms with Crippen molar-refractivity contribution in [3.63, 3.8) is 0 Å². The number of rotatable bonds is 5. The molecule has 0 aliphatic carbocycles. The van der Waals surface area contributed by atoms with Crippen molar-refractivity contribution >= 4 is 35.0 Å². The first-order valence-electron chi connectivity index (χ1n) is 14.0. The number of fused-ring (bicyclic) bond motifs is 3. The number of aromatic amines is 1. The summed E-state index contributed by atoms with van der Waals surface area (Å²) in [5.41, 5.74) is 3.80. The van der Waals surface area contributed by atoms with Crippen LogP contribution in [-0.2, 0) is 11.2 Å². The third-order valence-corrected chi connectivity index (χ3v) is 8.48. The molecule has 11 nitrogen and oxygen atoms in total. The number of carboxylic acids is 1. The summed E-state index contributed by atoms with van der Waals surface area (Å²) < 4.78 is 11.2. The predicted molar refractivity (Wildman–Crippen MR) is 154 cm³/mol. The van der Waals surface area contributed by atoms with Gasteiger partial charge in [0.05, 0.1) is 11.9 Å². The number of anilines is 3. The smallest absolute Gasteiger partial charge is 0.371 e. The van der Waals surface area contributed by atoms with Crippen molar-refractivity contribution in [3.8, 4) is 11.3 Å². The number of ether oxygens (including phenoxy) is 1. The number of carboxylic acid groups (broad SMARTS) is 1. The molecule has 5 heterocycles. The molecule has 2 aromatic carbocycles. The Morgan fingerprint density at radius 2 is 1.79 bits per heavy atom. The number of carbonyl (C=O) groups excluding carboxylic acids is 2. The van der Waals surface area contributed by atoms with E-state index >= 15 is 0 Å².